The summed E-state index contributed by atoms with van der Waals surface area (Å²) in [7, 11) is 0. The molecule has 4 heteroatoms. The van der Waals surface area contributed by atoms with Crippen LogP contribution in [0.1, 0.15) is 0 Å². The highest BCUT2D eigenvalue weighted by atomic mass is 16.3. The first-order chi connectivity index (χ1) is 29.2. The van der Waals surface area contributed by atoms with Crippen LogP contribution < -0.4 is 0 Å². The SMILES string of the molecule is c1ccc(-c2ccc(-c3nc(-c4ccccc4)nc(-c4ccccc4-c4ccc(-c5ccccc5-c5cccc6oc7c8ccccc8ccc7c56)cc4)n3)cc2)cc1. The molecular weight excluding hydrogens is 719 g/mol. The van der Waals surface area contributed by atoms with Gasteiger partial charge in [-0.1, -0.05) is 200 Å². The Bertz CT molecular complexity index is 3300. The topological polar surface area (TPSA) is 51.8 Å². The van der Waals surface area contributed by atoms with Crippen LogP contribution in [0.2, 0.25) is 0 Å². The number of hydrogen-bond acceptors (Lipinski definition) is 4. The molecule has 0 unspecified atom stereocenters. The lowest BCUT2D eigenvalue weighted by Crippen LogP contribution is -2.01. The highest BCUT2D eigenvalue weighted by Gasteiger charge is 2.19. The van der Waals surface area contributed by atoms with Gasteiger partial charge in [-0.2, -0.15) is 0 Å². The van der Waals surface area contributed by atoms with Crippen molar-refractivity contribution in [3.05, 3.63) is 212 Å². The van der Waals surface area contributed by atoms with Gasteiger partial charge in [-0.3, -0.25) is 0 Å². The van der Waals surface area contributed by atoms with Gasteiger partial charge in [-0.25, -0.2) is 15.0 Å². The first-order valence-electron chi connectivity index (χ1n) is 19.9. The minimum atomic E-state index is 0.624. The lowest BCUT2D eigenvalue weighted by Gasteiger charge is -2.14. The lowest BCUT2D eigenvalue weighted by atomic mass is 9.90. The molecule has 9 aromatic carbocycles. The number of furan rings is 1. The third-order valence-corrected chi connectivity index (χ3v) is 11.2. The van der Waals surface area contributed by atoms with E-state index in [4.69, 9.17) is 19.4 Å². The van der Waals surface area contributed by atoms with Crippen molar-refractivity contribution in [1.29, 1.82) is 0 Å². The summed E-state index contributed by atoms with van der Waals surface area (Å²) in [6.45, 7) is 0. The summed E-state index contributed by atoms with van der Waals surface area (Å²) < 4.78 is 6.56. The Morgan fingerprint density at radius 3 is 1.44 bits per heavy atom. The Morgan fingerprint density at radius 2 is 0.746 bits per heavy atom. The third-order valence-electron chi connectivity index (χ3n) is 11.2. The van der Waals surface area contributed by atoms with Crippen LogP contribution in [0.4, 0.5) is 0 Å². The smallest absolute Gasteiger partial charge is 0.164 e. The fraction of sp³-hybridized carbons (Fsp3) is 0. The molecule has 4 nitrogen and oxygen atoms in total. The number of fused-ring (bicyclic) bond motifs is 5. The molecule has 2 heterocycles. The Balaban J connectivity index is 0.985. The number of nitrogens with zero attached hydrogens (tertiary/aromatic N) is 3. The van der Waals surface area contributed by atoms with Crippen LogP contribution in [0.3, 0.4) is 0 Å². The molecule has 59 heavy (non-hydrogen) atoms. The van der Waals surface area contributed by atoms with E-state index >= 15 is 0 Å². The second-order valence-corrected chi connectivity index (χ2v) is 14.7. The molecule has 0 saturated heterocycles. The highest BCUT2D eigenvalue weighted by Crippen LogP contribution is 2.43. The number of benzene rings is 9. The number of hydrogen-bond donors (Lipinski definition) is 0. The van der Waals surface area contributed by atoms with E-state index in [1.54, 1.807) is 0 Å². The molecule has 11 rings (SSSR count). The largest absolute Gasteiger partial charge is 0.455 e. The minimum absolute atomic E-state index is 0.624. The van der Waals surface area contributed by atoms with E-state index in [2.05, 4.69) is 170 Å². The van der Waals surface area contributed by atoms with E-state index < -0.39 is 0 Å². The average Bonchev–Trinajstić information content (AvgIpc) is 3.72. The Labute approximate surface area is 341 Å². The Hall–Kier alpha value is -7.95. The Kier molecular flexibility index (Phi) is 8.45. The van der Waals surface area contributed by atoms with Gasteiger partial charge >= 0.3 is 0 Å². The summed E-state index contributed by atoms with van der Waals surface area (Å²) >= 11 is 0. The maximum Gasteiger partial charge on any atom is 0.164 e. The summed E-state index contributed by atoms with van der Waals surface area (Å²) in [5, 5.41) is 4.55. The summed E-state index contributed by atoms with van der Waals surface area (Å²) in [6.07, 6.45) is 0. The second kappa shape index (κ2) is 14.5. The monoisotopic (exact) mass is 753 g/mol. The van der Waals surface area contributed by atoms with Gasteiger partial charge in [0.15, 0.2) is 17.5 Å². The lowest BCUT2D eigenvalue weighted by molar-refractivity contribution is 0.673. The van der Waals surface area contributed by atoms with E-state index in [1.807, 2.05) is 42.5 Å². The zero-order chi connectivity index (χ0) is 39.1. The molecular formula is C55H35N3O. The predicted octanol–water partition coefficient (Wildman–Crippen LogP) is 14.6. The summed E-state index contributed by atoms with van der Waals surface area (Å²) in [6, 6.07) is 74.0. The molecule has 276 valence electrons. The average molecular weight is 754 g/mol. The second-order valence-electron chi connectivity index (χ2n) is 14.7. The molecule has 0 aliphatic rings. The van der Waals surface area contributed by atoms with Crippen LogP contribution in [0.5, 0.6) is 0 Å². The number of aromatic nitrogens is 3. The van der Waals surface area contributed by atoms with E-state index in [0.717, 1.165) is 83.0 Å². The predicted molar refractivity (Wildman–Crippen MR) is 243 cm³/mol. The van der Waals surface area contributed by atoms with Crippen LogP contribution in [0.25, 0.3) is 111 Å². The van der Waals surface area contributed by atoms with Crippen molar-refractivity contribution in [2.45, 2.75) is 0 Å². The fourth-order valence-electron chi connectivity index (χ4n) is 8.29. The van der Waals surface area contributed by atoms with Crippen molar-refractivity contribution < 1.29 is 4.42 Å². The molecule has 0 radical (unpaired) electrons. The zero-order valence-corrected chi connectivity index (χ0v) is 32.0. The Morgan fingerprint density at radius 1 is 0.271 bits per heavy atom. The third kappa shape index (κ3) is 6.24. The van der Waals surface area contributed by atoms with Crippen molar-refractivity contribution in [3.63, 3.8) is 0 Å². The van der Waals surface area contributed by atoms with Crippen molar-refractivity contribution in [2.75, 3.05) is 0 Å². The van der Waals surface area contributed by atoms with Gasteiger partial charge in [0.25, 0.3) is 0 Å². The van der Waals surface area contributed by atoms with Gasteiger partial charge in [-0.05, 0) is 62.0 Å². The van der Waals surface area contributed by atoms with Crippen LogP contribution in [0.15, 0.2) is 217 Å². The van der Waals surface area contributed by atoms with Gasteiger partial charge in [0.05, 0.1) is 0 Å². The van der Waals surface area contributed by atoms with Crippen LogP contribution >= 0.6 is 0 Å². The molecule has 0 amide bonds. The van der Waals surface area contributed by atoms with E-state index in [-0.39, 0.29) is 0 Å². The van der Waals surface area contributed by atoms with Gasteiger partial charge in [0, 0.05) is 32.8 Å². The van der Waals surface area contributed by atoms with Gasteiger partial charge in [0.2, 0.25) is 0 Å². The van der Waals surface area contributed by atoms with Crippen LogP contribution in [0, 0.1) is 0 Å². The van der Waals surface area contributed by atoms with E-state index in [9.17, 15) is 0 Å². The molecule has 0 atom stereocenters. The summed E-state index contributed by atoms with van der Waals surface area (Å²) in [4.78, 5) is 15.2. The standard InChI is InChI=1S/C55H35N3O/c1-3-14-36(15-4-1)37-26-32-42(33-27-37)54-56-53(41-17-5-2-6-18-41)57-55(58-54)48-23-12-10-20-44(48)40-30-28-39(29-31-40)43-19-9-11-22-46(43)47-24-13-25-50-51(47)49-35-34-38-16-7-8-21-45(38)52(49)59-50/h1-35H. The zero-order valence-electron chi connectivity index (χ0n) is 32.0. The molecule has 0 fully saturated rings. The van der Waals surface area contributed by atoms with Gasteiger partial charge in [-0.15, -0.1) is 0 Å². The molecule has 0 aliphatic carbocycles. The van der Waals surface area contributed by atoms with Crippen molar-refractivity contribution in [3.8, 4) is 78.7 Å². The summed E-state index contributed by atoms with van der Waals surface area (Å²) in [5.41, 5.74) is 13.6. The molecule has 2 aromatic heterocycles. The van der Waals surface area contributed by atoms with Crippen molar-refractivity contribution >= 4 is 32.7 Å². The molecule has 0 N–H and O–H groups in total. The van der Waals surface area contributed by atoms with Crippen LogP contribution in [-0.2, 0) is 0 Å². The maximum absolute atomic E-state index is 6.56. The normalized spacial score (nSPS) is 11.4. The summed E-state index contributed by atoms with van der Waals surface area (Å²) in [5.74, 6) is 1.89. The highest BCUT2D eigenvalue weighted by molar-refractivity contribution is 6.19. The minimum Gasteiger partial charge on any atom is -0.455 e. The van der Waals surface area contributed by atoms with Gasteiger partial charge in [0.1, 0.15) is 11.2 Å². The molecule has 0 spiro atoms. The van der Waals surface area contributed by atoms with E-state index in [1.165, 1.54) is 10.9 Å². The quantitative estimate of drug-likeness (QED) is 0.163. The van der Waals surface area contributed by atoms with E-state index in [0.29, 0.717) is 17.5 Å². The molecule has 11 aromatic rings. The molecule has 0 saturated carbocycles. The van der Waals surface area contributed by atoms with Gasteiger partial charge < -0.3 is 4.42 Å². The first-order valence-corrected chi connectivity index (χ1v) is 19.9. The van der Waals surface area contributed by atoms with Crippen LogP contribution in [-0.4, -0.2) is 15.0 Å². The van der Waals surface area contributed by atoms with Crippen molar-refractivity contribution in [2.24, 2.45) is 0 Å². The number of rotatable bonds is 7. The first kappa shape index (κ1) is 34.3. The maximum atomic E-state index is 6.56. The molecule has 0 aliphatic heterocycles. The molecule has 0 bridgehead atoms. The fourth-order valence-corrected chi connectivity index (χ4v) is 8.29. The van der Waals surface area contributed by atoms with Crippen molar-refractivity contribution in [1.82, 2.24) is 15.0 Å².